The smallest absolute Gasteiger partial charge is 0.338 e. The van der Waals surface area contributed by atoms with Gasteiger partial charge in [0.2, 0.25) is 0 Å². The average molecular weight is 526 g/mol. The molecule has 188 valence electrons. The zero-order valence-corrected chi connectivity index (χ0v) is 20.8. The molecule has 1 aliphatic rings. The first kappa shape index (κ1) is 23.6. The summed E-state index contributed by atoms with van der Waals surface area (Å²) in [7, 11) is -4.28. The number of para-hydroxylation sites is 1. The van der Waals surface area contributed by atoms with Gasteiger partial charge < -0.3 is 4.74 Å². The monoisotopic (exact) mass is 525 g/mol. The number of fused-ring (bicyclic) bond motifs is 5. The van der Waals surface area contributed by atoms with Crippen LogP contribution in [0, 0.1) is 0 Å². The number of carbonyl (C=O) groups excluding carboxylic acids is 3. The van der Waals surface area contributed by atoms with Crippen LogP contribution in [0.4, 0.5) is 5.69 Å². The number of hydrogen-bond donors (Lipinski definition) is 0. The van der Waals surface area contributed by atoms with Crippen molar-refractivity contribution in [3.8, 4) is 0 Å². The van der Waals surface area contributed by atoms with Crippen LogP contribution in [0.25, 0.3) is 21.9 Å². The Kier molecular flexibility index (Phi) is 5.35. The second-order valence-corrected chi connectivity index (χ2v) is 10.3. The molecule has 6 rings (SSSR count). The van der Waals surface area contributed by atoms with E-state index in [-0.39, 0.29) is 50.4 Å². The minimum atomic E-state index is -4.28. The third-order valence-electron chi connectivity index (χ3n) is 6.40. The van der Waals surface area contributed by atoms with E-state index in [2.05, 4.69) is 4.98 Å². The maximum atomic E-state index is 14.0. The fraction of sp³-hybridized carbons (Fsp3) is 0.0714. The predicted octanol–water partition coefficient (Wildman–Crippen LogP) is 4.40. The first-order valence-electron chi connectivity index (χ1n) is 11.7. The molecule has 0 bridgehead atoms. The van der Waals surface area contributed by atoms with Crippen molar-refractivity contribution in [2.75, 3.05) is 11.5 Å². The lowest BCUT2D eigenvalue weighted by Crippen LogP contribution is -2.29. The minimum absolute atomic E-state index is 0.0237. The highest BCUT2D eigenvalue weighted by molar-refractivity contribution is 7.90. The van der Waals surface area contributed by atoms with Crippen molar-refractivity contribution in [1.29, 1.82) is 0 Å². The quantitative estimate of drug-likeness (QED) is 0.247. The number of hydrogen-bond acceptors (Lipinski definition) is 7. The fourth-order valence-corrected chi connectivity index (χ4v) is 6.34. The number of aromatic nitrogens is 2. The topological polar surface area (TPSA) is 116 Å². The van der Waals surface area contributed by atoms with Crippen LogP contribution in [0.5, 0.6) is 0 Å². The molecule has 3 aromatic carbocycles. The number of rotatable bonds is 5. The number of anilines is 1. The number of benzene rings is 3. The maximum Gasteiger partial charge on any atom is 0.338 e. The summed E-state index contributed by atoms with van der Waals surface area (Å²) in [6.45, 7) is 1.67. The molecule has 38 heavy (non-hydrogen) atoms. The number of imide groups is 1. The van der Waals surface area contributed by atoms with Gasteiger partial charge in [0.25, 0.3) is 21.8 Å². The van der Waals surface area contributed by atoms with Gasteiger partial charge in [0.05, 0.1) is 39.4 Å². The summed E-state index contributed by atoms with van der Waals surface area (Å²) < 4.78 is 34.2. The predicted molar refractivity (Wildman–Crippen MR) is 140 cm³/mol. The number of carbonyl (C=O) groups is 3. The van der Waals surface area contributed by atoms with E-state index >= 15 is 0 Å². The summed E-state index contributed by atoms with van der Waals surface area (Å²) >= 11 is 0. The van der Waals surface area contributed by atoms with Crippen molar-refractivity contribution >= 4 is 55.4 Å². The van der Waals surface area contributed by atoms with Crippen LogP contribution in [0.3, 0.4) is 0 Å². The molecule has 0 saturated carbocycles. The van der Waals surface area contributed by atoms with Crippen LogP contribution in [-0.2, 0) is 14.8 Å². The third-order valence-corrected chi connectivity index (χ3v) is 8.10. The fourth-order valence-electron chi connectivity index (χ4n) is 4.82. The summed E-state index contributed by atoms with van der Waals surface area (Å²) in [6, 6.07) is 20.7. The van der Waals surface area contributed by atoms with Gasteiger partial charge in [0.15, 0.2) is 5.65 Å². The van der Waals surface area contributed by atoms with Crippen molar-refractivity contribution < 1.29 is 27.5 Å². The van der Waals surface area contributed by atoms with Crippen molar-refractivity contribution in [1.82, 2.24) is 8.96 Å². The van der Waals surface area contributed by atoms with Crippen molar-refractivity contribution in [3.63, 3.8) is 0 Å². The summed E-state index contributed by atoms with van der Waals surface area (Å²) in [5, 5.41) is 0.680. The number of amides is 2. The van der Waals surface area contributed by atoms with E-state index in [9.17, 15) is 22.8 Å². The van der Waals surface area contributed by atoms with Gasteiger partial charge in [-0.15, -0.1) is 0 Å². The molecule has 0 unspecified atom stereocenters. The van der Waals surface area contributed by atoms with Crippen LogP contribution in [-0.4, -0.2) is 41.8 Å². The Morgan fingerprint density at radius 3 is 2.21 bits per heavy atom. The number of pyridine rings is 1. The molecule has 2 aromatic heterocycles. The molecule has 3 heterocycles. The molecule has 0 radical (unpaired) electrons. The van der Waals surface area contributed by atoms with E-state index in [0.29, 0.717) is 5.39 Å². The lowest BCUT2D eigenvalue weighted by atomic mass is 9.98. The summed E-state index contributed by atoms with van der Waals surface area (Å²) in [4.78, 5) is 46.0. The zero-order valence-electron chi connectivity index (χ0n) is 20.0. The van der Waals surface area contributed by atoms with Gasteiger partial charge >= 0.3 is 5.97 Å². The Morgan fingerprint density at radius 1 is 0.868 bits per heavy atom. The van der Waals surface area contributed by atoms with Gasteiger partial charge in [-0.3, -0.25) is 9.59 Å². The molecule has 1 aliphatic heterocycles. The van der Waals surface area contributed by atoms with E-state index in [0.717, 1.165) is 8.87 Å². The molecule has 0 saturated heterocycles. The number of esters is 1. The molecule has 0 spiro atoms. The third kappa shape index (κ3) is 3.27. The van der Waals surface area contributed by atoms with Crippen LogP contribution < -0.4 is 4.90 Å². The van der Waals surface area contributed by atoms with Gasteiger partial charge in [-0.2, -0.15) is 0 Å². The van der Waals surface area contributed by atoms with Gasteiger partial charge in [-0.05, 0) is 49.4 Å². The average Bonchev–Trinajstić information content (AvgIpc) is 3.41. The van der Waals surface area contributed by atoms with Crippen molar-refractivity contribution in [2.45, 2.75) is 11.8 Å². The highest BCUT2D eigenvalue weighted by atomic mass is 32.2. The Morgan fingerprint density at radius 2 is 1.53 bits per heavy atom. The molecule has 0 aliphatic carbocycles. The molecular weight excluding hydrogens is 506 g/mol. The second kappa shape index (κ2) is 8.63. The minimum Gasteiger partial charge on any atom is -0.462 e. The molecule has 2 amide bonds. The van der Waals surface area contributed by atoms with E-state index in [1.807, 2.05) is 0 Å². The molecule has 5 aromatic rings. The molecule has 10 heteroatoms. The molecular formula is C28H19N3O6S. The van der Waals surface area contributed by atoms with Gasteiger partial charge in [-0.1, -0.05) is 36.4 Å². The number of ether oxygens (including phenoxy) is 1. The van der Waals surface area contributed by atoms with Crippen LogP contribution in [0.15, 0.2) is 90.0 Å². The zero-order chi connectivity index (χ0) is 26.6. The lowest BCUT2D eigenvalue weighted by Gasteiger charge is -2.13. The van der Waals surface area contributed by atoms with E-state index < -0.39 is 27.8 Å². The molecule has 0 atom stereocenters. The second-order valence-electron chi connectivity index (χ2n) is 8.53. The summed E-state index contributed by atoms with van der Waals surface area (Å²) in [5.41, 5.74) is -0.205. The van der Waals surface area contributed by atoms with Gasteiger partial charge in [-0.25, -0.2) is 27.1 Å². The largest absolute Gasteiger partial charge is 0.462 e. The van der Waals surface area contributed by atoms with E-state index in [1.54, 1.807) is 67.6 Å². The van der Waals surface area contributed by atoms with E-state index in [1.165, 1.54) is 24.4 Å². The van der Waals surface area contributed by atoms with E-state index in [4.69, 9.17) is 4.74 Å². The Bertz CT molecular complexity index is 1900. The summed E-state index contributed by atoms with van der Waals surface area (Å²) in [6.07, 6.45) is 1.44. The standard InChI is InChI=1S/C28H19N3O6S/c1-2-37-28(34)21-16-20-19-14-9-15-29-25(19)31(38(35,36)18-12-7-4-8-13-18)24(20)23-22(21)26(32)30(27(23)33)17-10-5-3-6-11-17/h3-16H,2H2,1H3. The normalized spacial score (nSPS) is 13.3. The Hall–Kier alpha value is -4.83. The molecule has 0 N–H and O–H groups in total. The molecule has 0 fully saturated rings. The van der Waals surface area contributed by atoms with Crippen molar-refractivity contribution in [3.05, 3.63) is 102 Å². The van der Waals surface area contributed by atoms with Crippen LogP contribution in [0.1, 0.15) is 38.0 Å². The first-order chi connectivity index (χ1) is 18.4. The highest BCUT2D eigenvalue weighted by Gasteiger charge is 2.44. The Labute approximate surface area is 216 Å². The first-order valence-corrected chi connectivity index (χ1v) is 13.2. The van der Waals surface area contributed by atoms with Gasteiger partial charge in [0, 0.05) is 17.0 Å². The van der Waals surface area contributed by atoms with Gasteiger partial charge in [0.1, 0.15) is 0 Å². The number of nitrogens with zero attached hydrogens (tertiary/aromatic N) is 3. The van der Waals surface area contributed by atoms with Crippen LogP contribution >= 0.6 is 0 Å². The van der Waals surface area contributed by atoms with Crippen molar-refractivity contribution in [2.24, 2.45) is 0 Å². The maximum absolute atomic E-state index is 14.0. The van der Waals surface area contributed by atoms with Crippen LogP contribution in [0.2, 0.25) is 0 Å². The molecule has 9 nitrogen and oxygen atoms in total. The SMILES string of the molecule is CCOC(=O)c1cc2c3cccnc3n(S(=O)(=O)c3ccccc3)c2c2c1C(=O)N(c1ccccc1)C2=O. The Balaban J connectivity index is 1.79. The lowest BCUT2D eigenvalue weighted by molar-refractivity contribution is 0.0523. The summed E-state index contributed by atoms with van der Waals surface area (Å²) in [5.74, 6) is -2.29. The highest BCUT2D eigenvalue weighted by Crippen LogP contribution is 2.41.